The molecule has 0 spiro atoms. The van der Waals surface area contributed by atoms with Crippen LogP contribution in [0.4, 0.5) is 11.6 Å². The van der Waals surface area contributed by atoms with Crippen LogP contribution in [0.2, 0.25) is 5.28 Å². The van der Waals surface area contributed by atoms with E-state index in [1.165, 1.54) is 12.8 Å². The molecule has 0 bridgehead atoms. The summed E-state index contributed by atoms with van der Waals surface area (Å²) in [5.41, 5.74) is 5.62. The number of thiol groups is 1. The third-order valence-electron chi connectivity index (χ3n) is 2.91. The molecule has 1 unspecified atom stereocenters. The van der Waals surface area contributed by atoms with Gasteiger partial charge in [-0.05, 0) is 31.4 Å². The van der Waals surface area contributed by atoms with E-state index in [0.29, 0.717) is 19.0 Å². The molecule has 5 nitrogen and oxygen atoms in total. The Morgan fingerprint density at radius 2 is 2.16 bits per heavy atom. The Balaban J connectivity index is 0.000000284. The molecule has 2 heterocycles. The Morgan fingerprint density at radius 3 is 2.68 bits per heavy atom. The summed E-state index contributed by atoms with van der Waals surface area (Å²) in [6.45, 7) is 4.27. The van der Waals surface area contributed by atoms with Crippen molar-refractivity contribution in [1.82, 2.24) is 9.97 Å². The van der Waals surface area contributed by atoms with E-state index < -0.39 is 0 Å². The average molecular weight is 303 g/mol. The highest BCUT2D eigenvalue weighted by Gasteiger charge is 2.20. The Bertz CT molecular complexity index is 410. The minimum absolute atomic E-state index is 0.184. The molecule has 1 aliphatic heterocycles. The molecular formula is C12H19ClN4OS. The average Bonchev–Trinajstić information content (AvgIpc) is 3.12. The van der Waals surface area contributed by atoms with Gasteiger partial charge in [0.2, 0.25) is 5.28 Å². The second kappa shape index (κ2) is 6.63. The predicted octanol–water partition coefficient (Wildman–Crippen LogP) is 2.02. The van der Waals surface area contributed by atoms with E-state index >= 15 is 0 Å². The minimum atomic E-state index is 0.184. The van der Waals surface area contributed by atoms with Gasteiger partial charge in [-0.1, -0.05) is 0 Å². The van der Waals surface area contributed by atoms with Gasteiger partial charge in [-0.25, -0.2) is 9.97 Å². The largest absolute Gasteiger partial charge is 0.383 e. The molecule has 1 aromatic rings. The highest BCUT2D eigenvalue weighted by atomic mass is 35.5. The topological polar surface area (TPSA) is 64.3 Å². The number of morpholine rings is 1. The number of nitrogens with two attached hydrogens (primary N) is 1. The summed E-state index contributed by atoms with van der Waals surface area (Å²) in [6, 6.07) is 2.01. The maximum atomic E-state index is 5.76. The van der Waals surface area contributed by atoms with Gasteiger partial charge in [0.05, 0.1) is 19.3 Å². The van der Waals surface area contributed by atoms with Crippen LogP contribution in [-0.2, 0) is 4.74 Å². The third-order valence-corrected chi connectivity index (χ3v) is 3.60. The summed E-state index contributed by atoms with van der Waals surface area (Å²) < 4.78 is 5.34. The third kappa shape index (κ3) is 4.71. The molecule has 1 aliphatic carbocycles. The van der Waals surface area contributed by atoms with Crippen molar-refractivity contribution >= 4 is 35.9 Å². The Morgan fingerprint density at radius 1 is 1.47 bits per heavy atom. The van der Waals surface area contributed by atoms with Crippen molar-refractivity contribution in [1.29, 1.82) is 0 Å². The number of hydrogen-bond donors (Lipinski definition) is 2. The van der Waals surface area contributed by atoms with Crippen molar-refractivity contribution in [2.24, 2.45) is 0 Å². The number of hydrogen-bond acceptors (Lipinski definition) is 6. The lowest BCUT2D eigenvalue weighted by Crippen LogP contribution is -2.44. The number of halogens is 1. The fraction of sp³-hybridized carbons (Fsp3) is 0.667. The van der Waals surface area contributed by atoms with Crippen LogP contribution in [0.3, 0.4) is 0 Å². The zero-order chi connectivity index (χ0) is 13.8. The first-order chi connectivity index (χ1) is 9.06. The second-order valence-electron chi connectivity index (χ2n) is 4.77. The van der Waals surface area contributed by atoms with E-state index in [1.54, 1.807) is 6.07 Å². The molecule has 1 aromatic heterocycles. The Labute approximate surface area is 123 Å². The summed E-state index contributed by atoms with van der Waals surface area (Å²) in [6.07, 6.45) is 2.70. The van der Waals surface area contributed by atoms with Crippen molar-refractivity contribution in [3.05, 3.63) is 11.3 Å². The molecule has 0 amide bonds. The highest BCUT2D eigenvalue weighted by Crippen LogP contribution is 2.24. The standard InChI is InChI=1S/C9H13ClN4O.C3H6S/c1-6-5-15-3-2-14(6)8-4-7(11)12-9(10)13-8;4-3-1-2-3/h4,6H,2-3,5H2,1H3,(H2,11,12,13);3-4H,1-2H2. The molecule has 7 heteroatoms. The van der Waals surface area contributed by atoms with Crippen LogP contribution in [0.15, 0.2) is 6.07 Å². The molecule has 2 aliphatic rings. The van der Waals surface area contributed by atoms with E-state index in [1.807, 2.05) is 0 Å². The van der Waals surface area contributed by atoms with Crippen LogP contribution < -0.4 is 10.6 Å². The van der Waals surface area contributed by atoms with Crippen molar-refractivity contribution in [2.75, 3.05) is 30.4 Å². The highest BCUT2D eigenvalue weighted by molar-refractivity contribution is 7.81. The molecule has 1 saturated carbocycles. The first kappa shape index (κ1) is 14.7. The lowest BCUT2D eigenvalue weighted by molar-refractivity contribution is 0.0985. The molecule has 0 radical (unpaired) electrons. The van der Waals surface area contributed by atoms with Gasteiger partial charge < -0.3 is 15.4 Å². The molecule has 2 N–H and O–H groups in total. The first-order valence-corrected chi connectivity index (χ1v) is 7.28. The van der Waals surface area contributed by atoms with Crippen molar-refractivity contribution < 1.29 is 4.74 Å². The van der Waals surface area contributed by atoms with Crippen molar-refractivity contribution in [2.45, 2.75) is 31.1 Å². The van der Waals surface area contributed by atoms with Crippen molar-refractivity contribution in [3.63, 3.8) is 0 Å². The SMILES string of the molecule is CC1COCCN1c1cc(N)nc(Cl)n1.SC1CC1. The Hall–Kier alpha value is -0.720. The molecule has 2 fully saturated rings. The van der Waals surface area contributed by atoms with Gasteiger partial charge in [-0.3, -0.25) is 0 Å². The van der Waals surface area contributed by atoms with Gasteiger partial charge in [-0.2, -0.15) is 12.6 Å². The number of rotatable bonds is 1. The predicted molar refractivity (Wildman–Crippen MR) is 81.1 cm³/mol. The van der Waals surface area contributed by atoms with Gasteiger partial charge in [-0.15, -0.1) is 0 Å². The molecule has 0 aromatic carbocycles. The minimum Gasteiger partial charge on any atom is -0.383 e. The number of ether oxygens (including phenoxy) is 1. The number of nitrogens with zero attached hydrogens (tertiary/aromatic N) is 3. The van der Waals surface area contributed by atoms with Gasteiger partial charge in [0.25, 0.3) is 0 Å². The van der Waals surface area contributed by atoms with E-state index in [2.05, 4.69) is 34.4 Å². The van der Waals surface area contributed by atoms with Crippen LogP contribution in [0.5, 0.6) is 0 Å². The van der Waals surface area contributed by atoms with Gasteiger partial charge in [0, 0.05) is 17.9 Å². The van der Waals surface area contributed by atoms with Crippen LogP contribution in [0.25, 0.3) is 0 Å². The second-order valence-corrected chi connectivity index (χ2v) is 5.84. The van der Waals surface area contributed by atoms with Crippen LogP contribution >= 0.6 is 24.2 Å². The molecule has 106 valence electrons. The summed E-state index contributed by atoms with van der Waals surface area (Å²) in [4.78, 5) is 10.1. The van der Waals surface area contributed by atoms with Gasteiger partial charge >= 0.3 is 0 Å². The molecule has 1 atom stereocenters. The smallest absolute Gasteiger partial charge is 0.226 e. The van der Waals surface area contributed by atoms with Crippen LogP contribution in [-0.4, -0.2) is 41.0 Å². The van der Waals surface area contributed by atoms with Crippen LogP contribution in [0.1, 0.15) is 19.8 Å². The van der Waals surface area contributed by atoms with Crippen molar-refractivity contribution in [3.8, 4) is 0 Å². The Kier molecular flexibility index (Phi) is 5.13. The maximum absolute atomic E-state index is 5.76. The zero-order valence-corrected chi connectivity index (χ0v) is 12.6. The van der Waals surface area contributed by atoms with E-state index in [4.69, 9.17) is 22.1 Å². The summed E-state index contributed by atoms with van der Waals surface area (Å²) in [5, 5.41) is 0.962. The monoisotopic (exact) mass is 302 g/mol. The summed E-state index contributed by atoms with van der Waals surface area (Å²) in [5.74, 6) is 1.16. The molecule has 3 rings (SSSR count). The number of nitrogen functional groups attached to an aromatic ring is 1. The number of anilines is 2. The summed E-state index contributed by atoms with van der Waals surface area (Å²) in [7, 11) is 0. The van der Waals surface area contributed by atoms with E-state index in [0.717, 1.165) is 17.6 Å². The van der Waals surface area contributed by atoms with Crippen LogP contribution in [0, 0.1) is 0 Å². The number of aromatic nitrogens is 2. The van der Waals surface area contributed by atoms with Gasteiger partial charge in [0.1, 0.15) is 11.6 Å². The lowest BCUT2D eigenvalue weighted by atomic mass is 10.2. The fourth-order valence-electron chi connectivity index (χ4n) is 1.71. The van der Waals surface area contributed by atoms with E-state index in [-0.39, 0.29) is 11.3 Å². The quantitative estimate of drug-likeness (QED) is 0.614. The lowest BCUT2D eigenvalue weighted by Gasteiger charge is -2.34. The summed E-state index contributed by atoms with van der Waals surface area (Å²) >= 11 is 9.83. The van der Waals surface area contributed by atoms with Gasteiger partial charge in [0.15, 0.2) is 0 Å². The van der Waals surface area contributed by atoms with E-state index in [9.17, 15) is 0 Å². The maximum Gasteiger partial charge on any atom is 0.226 e. The fourth-order valence-corrected chi connectivity index (χ4v) is 2.05. The molecule has 1 saturated heterocycles. The zero-order valence-electron chi connectivity index (χ0n) is 10.9. The molecule has 19 heavy (non-hydrogen) atoms. The normalized spacial score (nSPS) is 22.7. The first-order valence-electron chi connectivity index (χ1n) is 6.39. The molecular weight excluding hydrogens is 284 g/mol.